The predicted molar refractivity (Wildman–Crippen MR) is 67.5 cm³/mol. The zero-order valence-corrected chi connectivity index (χ0v) is 10.3. The Bertz CT molecular complexity index is 416. The fraction of sp³-hybridized carbons (Fsp3) is 0.308. The third-order valence-corrected chi connectivity index (χ3v) is 2.22. The maximum absolute atomic E-state index is 11.4. The molecule has 5 nitrogen and oxygen atoms in total. The maximum Gasteiger partial charge on any atom is 0.305 e. The third-order valence-electron chi connectivity index (χ3n) is 2.22. The largest absolute Gasteiger partial charge is 0.469 e. The number of esters is 1. The molecule has 0 aromatic carbocycles. The average Bonchev–Trinajstić information content (AvgIpc) is 2.42. The normalized spacial score (nSPS) is 10.3. The van der Waals surface area contributed by atoms with Crippen molar-refractivity contribution in [1.29, 1.82) is 0 Å². The average molecular weight is 248 g/mol. The van der Waals surface area contributed by atoms with Gasteiger partial charge >= 0.3 is 5.97 Å². The highest BCUT2D eigenvalue weighted by Crippen LogP contribution is 1.98. The van der Waals surface area contributed by atoms with Crippen LogP contribution in [0.5, 0.6) is 0 Å². The Morgan fingerprint density at radius 2 is 2.11 bits per heavy atom. The van der Waals surface area contributed by atoms with Gasteiger partial charge in [-0.25, -0.2) is 0 Å². The monoisotopic (exact) mass is 248 g/mol. The van der Waals surface area contributed by atoms with Crippen LogP contribution in [0.2, 0.25) is 0 Å². The van der Waals surface area contributed by atoms with Crippen LogP contribution in [0.4, 0.5) is 0 Å². The smallest absolute Gasteiger partial charge is 0.305 e. The first-order valence-corrected chi connectivity index (χ1v) is 5.65. The van der Waals surface area contributed by atoms with Crippen molar-refractivity contribution in [2.24, 2.45) is 0 Å². The summed E-state index contributed by atoms with van der Waals surface area (Å²) in [5.41, 5.74) is 0.912. The molecule has 1 amide bonds. The number of carbonyl (C=O) groups excluding carboxylic acids is 2. The van der Waals surface area contributed by atoms with E-state index in [9.17, 15) is 9.59 Å². The summed E-state index contributed by atoms with van der Waals surface area (Å²) in [4.78, 5) is 26.1. The summed E-state index contributed by atoms with van der Waals surface area (Å²) in [7, 11) is 1.35. The SMILES string of the molecule is COC(=O)CCCNC(=O)/C=C/c1ccncc1. The van der Waals surface area contributed by atoms with Gasteiger partial charge in [-0.2, -0.15) is 0 Å². The number of ether oxygens (including phenoxy) is 1. The molecule has 1 heterocycles. The van der Waals surface area contributed by atoms with Gasteiger partial charge < -0.3 is 10.1 Å². The Balaban J connectivity index is 2.22. The van der Waals surface area contributed by atoms with Crippen LogP contribution < -0.4 is 5.32 Å². The van der Waals surface area contributed by atoms with Crippen LogP contribution >= 0.6 is 0 Å². The predicted octanol–water partition coefficient (Wildman–Crippen LogP) is 1.16. The van der Waals surface area contributed by atoms with Gasteiger partial charge in [-0.1, -0.05) is 0 Å². The second-order valence-corrected chi connectivity index (χ2v) is 3.58. The van der Waals surface area contributed by atoms with Gasteiger partial charge in [0.2, 0.25) is 5.91 Å². The fourth-order valence-corrected chi connectivity index (χ4v) is 1.25. The van der Waals surface area contributed by atoms with Crippen molar-refractivity contribution in [2.45, 2.75) is 12.8 Å². The molecule has 0 aliphatic heterocycles. The third kappa shape index (κ3) is 5.79. The number of aromatic nitrogens is 1. The van der Waals surface area contributed by atoms with E-state index < -0.39 is 0 Å². The van der Waals surface area contributed by atoms with Crippen LogP contribution in [0.1, 0.15) is 18.4 Å². The lowest BCUT2D eigenvalue weighted by molar-refractivity contribution is -0.140. The van der Waals surface area contributed by atoms with E-state index in [1.807, 2.05) is 0 Å². The summed E-state index contributed by atoms with van der Waals surface area (Å²) >= 11 is 0. The van der Waals surface area contributed by atoms with E-state index in [1.54, 1.807) is 30.6 Å². The molecule has 96 valence electrons. The summed E-state index contributed by atoms with van der Waals surface area (Å²) in [6, 6.07) is 3.61. The maximum atomic E-state index is 11.4. The van der Waals surface area contributed by atoms with E-state index in [0.29, 0.717) is 19.4 Å². The molecule has 1 aromatic heterocycles. The number of methoxy groups -OCH3 is 1. The highest BCUT2D eigenvalue weighted by Gasteiger charge is 2.00. The van der Waals surface area contributed by atoms with Gasteiger partial charge in [0.05, 0.1) is 7.11 Å². The Labute approximate surface area is 106 Å². The van der Waals surface area contributed by atoms with Crippen molar-refractivity contribution in [2.75, 3.05) is 13.7 Å². The Morgan fingerprint density at radius 1 is 1.39 bits per heavy atom. The lowest BCUT2D eigenvalue weighted by Crippen LogP contribution is -2.22. The summed E-state index contributed by atoms with van der Waals surface area (Å²) in [6.45, 7) is 0.453. The standard InChI is InChI=1S/C13H16N2O3/c1-18-13(17)3-2-8-15-12(16)5-4-11-6-9-14-10-7-11/h4-7,9-10H,2-3,8H2,1H3,(H,15,16)/b5-4+. The zero-order chi connectivity index (χ0) is 13.2. The minimum atomic E-state index is -0.267. The summed E-state index contributed by atoms with van der Waals surface area (Å²) < 4.78 is 4.49. The van der Waals surface area contributed by atoms with Crippen LogP contribution in [0, 0.1) is 0 Å². The lowest BCUT2D eigenvalue weighted by atomic mass is 10.2. The van der Waals surface area contributed by atoms with Crippen LogP contribution in [0.3, 0.4) is 0 Å². The first kappa shape index (κ1) is 13.9. The molecule has 18 heavy (non-hydrogen) atoms. The van der Waals surface area contributed by atoms with Gasteiger partial charge in [-0.3, -0.25) is 14.6 Å². The first-order valence-electron chi connectivity index (χ1n) is 5.65. The summed E-state index contributed by atoms with van der Waals surface area (Å²) in [5, 5.41) is 2.68. The molecule has 0 radical (unpaired) electrons. The van der Waals surface area contributed by atoms with E-state index in [-0.39, 0.29) is 11.9 Å². The molecule has 1 aromatic rings. The fourth-order valence-electron chi connectivity index (χ4n) is 1.25. The molecular formula is C13H16N2O3. The summed E-state index contributed by atoms with van der Waals surface area (Å²) in [5.74, 6) is -0.451. The van der Waals surface area contributed by atoms with E-state index in [1.165, 1.54) is 13.2 Å². The number of nitrogens with one attached hydrogen (secondary N) is 1. The molecule has 0 aliphatic rings. The number of rotatable bonds is 6. The van der Waals surface area contributed by atoms with Crippen molar-refractivity contribution < 1.29 is 14.3 Å². The number of nitrogens with zero attached hydrogens (tertiary/aromatic N) is 1. The van der Waals surface area contributed by atoms with Crippen LogP contribution in [0.15, 0.2) is 30.6 Å². The molecule has 0 spiro atoms. The highest BCUT2D eigenvalue weighted by molar-refractivity contribution is 5.91. The quantitative estimate of drug-likeness (QED) is 0.466. The first-order chi connectivity index (χ1) is 8.72. The van der Waals surface area contributed by atoms with Crippen molar-refractivity contribution in [3.8, 4) is 0 Å². The minimum absolute atomic E-state index is 0.184. The van der Waals surface area contributed by atoms with Gasteiger partial charge in [0, 0.05) is 31.4 Å². The molecule has 0 fully saturated rings. The molecule has 0 aliphatic carbocycles. The molecule has 1 N–H and O–H groups in total. The molecule has 0 atom stereocenters. The van der Waals surface area contributed by atoms with Crippen molar-refractivity contribution in [3.05, 3.63) is 36.2 Å². The molecule has 0 saturated heterocycles. The number of carbonyl (C=O) groups is 2. The topological polar surface area (TPSA) is 68.3 Å². The van der Waals surface area contributed by atoms with Crippen molar-refractivity contribution >= 4 is 18.0 Å². The second kappa shape index (κ2) is 8.00. The van der Waals surface area contributed by atoms with Gasteiger partial charge in [-0.05, 0) is 30.2 Å². The Kier molecular flexibility index (Phi) is 6.17. The van der Waals surface area contributed by atoms with Crippen LogP contribution in [-0.4, -0.2) is 30.5 Å². The Hall–Kier alpha value is -2.17. The molecular weight excluding hydrogens is 232 g/mol. The van der Waals surface area contributed by atoms with E-state index in [2.05, 4.69) is 15.0 Å². The highest BCUT2D eigenvalue weighted by atomic mass is 16.5. The van der Waals surface area contributed by atoms with Gasteiger partial charge in [0.25, 0.3) is 0 Å². The van der Waals surface area contributed by atoms with Gasteiger partial charge in [0.15, 0.2) is 0 Å². The van der Waals surface area contributed by atoms with Crippen LogP contribution in [0.25, 0.3) is 6.08 Å². The molecule has 1 rings (SSSR count). The van der Waals surface area contributed by atoms with Crippen molar-refractivity contribution in [1.82, 2.24) is 10.3 Å². The Morgan fingerprint density at radius 3 is 2.78 bits per heavy atom. The number of hydrogen-bond acceptors (Lipinski definition) is 4. The summed E-state index contributed by atoms with van der Waals surface area (Å²) in [6.07, 6.45) is 7.36. The molecule has 0 unspecified atom stereocenters. The number of hydrogen-bond donors (Lipinski definition) is 1. The van der Waals surface area contributed by atoms with Gasteiger partial charge in [-0.15, -0.1) is 0 Å². The minimum Gasteiger partial charge on any atom is -0.469 e. The van der Waals surface area contributed by atoms with Gasteiger partial charge in [0.1, 0.15) is 0 Å². The number of amides is 1. The van der Waals surface area contributed by atoms with Crippen LogP contribution in [-0.2, 0) is 14.3 Å². The van der Waals surface area contributed by atoms with Crippen molar-refractivity contribution in [3.63, 3.8) is 0 Å². The van der Waals surface area contributed by atoms with E-state index in [0.717, 1.165) is 5.56 Å². The zero-order valence-electron chi connectivity index (χ0n) is 10.3. The van der Waals surface area contributed by atoms with E-state index >= 15 is 0 Å². The molecule has 0 saturated carbocycles. The molecule has 5 heteroatoms. The lowest BCUT2D eigenvalue weighted by Gasteiger charge is -2.01. The number of pyridine rings is 1. The molecule has 0 bridgehead atoms. The second-order valence-electron chi connectivity index (χ2n) is 3.58. The van der Waals surface area contributed by atoms with E-state index in [4.69, 9.17) is 0 Å².